The predicted octanol–water partition coefficient (Wildman–Crippen LogP) is 1.52. The molecule has 1 saturated heterocycles. The van der Waals surface area contributed by atoms with Crippen LogP contribution in [0.3, 0.4) is 0 Å². The minimum Gasteiger partial charge on any atom is -0.481 e. The lowest BCUT2D eigenvalue weighted by Gasteiger charge is -2.26. The molecule has 1 fully saturated rings. The molecule has 134 valence electrons. The summed E-state index contributed by atoms with van der Waals surface area (Å²) in [4.78, 5) is 48.5. The molecule has 1 aromatic carbocycles. The number of likely N-dealkylation sites (tertiary alicyclic amines) is 1. The zero-order valence-electron chi connectivity index (χ0n) is 13.5. The molecule has 7 nitrogen and oxygen atoms in total. The number of aliphatic carboxylic acids is 2. The van der Waals surface area contributed by atoms with Crippen LogP contribution in [0.2, 0.25) is 0 Å². The summed E-state index contributed by atoms with van der Waals surface area (Å²) in [6.07, 6.45) is 0.777. The van der Waals surface area contributed by atoms with Gasteiger partial charge in [0.2, 0.25) is 5.91 Å². The van der Waals surface area contributed by atoms with Crippen LogP contribution in [0, 0.1) is 0 Å². The second-order valence-electron chi connectivity index (χ2n) is 5.71. The Morgan fingerprint density at radius 2 is 1.84 bits per heavy atom. The van der Waals surface area contributed by atoms with Crippen molar-refractivity contribution in [3.8, 4) is 0 Å². The molecule has 2 rings (SSSR count). The molecule has 8 heteroatoms. The van der Waals surface area contributed by atoms with Gasteiger partial charge >= 0.3 is 11.9 Å². The van der Waals surface area contributed by atoms with E-state index in [0.29, 0.717) is 24.9 Å². The molecule has 25 heavy (non-hydrogen) atoms. The number of benzene rings is 1. The maximum Gasteiger partial charge on any atom is 0.326 e. The Labute approximate surface area is 149 Å². The molecule has 1 heterocycles. The lowest BCUT2D eigenvalue weighted by atomic mass is 10.1. The highest BCUT2D eigenvalue weighted by Crippen LogP contribution is 2.25. The van der Waals surface area contributed by atoms with Gasteiger partial charge < -0.3 is 15.1 Å². The molecule has 0 spiro atoms. The molecular weight excluding hydrogens is 346 g/mol. The van der Waals surface area contributed by atoms with E-state index in [1.807, 2.05) is 0 Å². The monoisotopic (exact) mass is 365 g/mol. The quantitative estimate of drug-likeness (QED) is 0.672. The first-order valence-electron chi connectivity index (χ1n) is 7.85. The number of amides is 1. The first kappa shape index (κ1) is 19.0. The molecule has 1 aliphatic rings. The molecule has 2 atom stereocenters. The fourth-order valence-electron chi connectivity index (χ4n) is 2.77. The standard InChI is InChI=1S/C17H19NO6S/c19-13(11-5-2-1-3-6-11)9-14(25-10-15(20)21)16(22)18-8-4-7-12(18)17(23)24/h1-3,5-6,12,14H,4,7-10H2,(H,20,21)(H,23,24)/t12-,14?/m0/s1. The maximum absolute atomic E-state index is 12.7. The van der Waals surface area contributed by atoms with Gasteiger partial charge in [-0.3, -0.25) is 14.4 Å². The van der Waals surface area contributed by atoms with Crippen LogP contribution >= 0.6 is 11.8 Å². The molecule has 0 aliphatic carbocycles. The van der Waals surface area contributed by atoms with E-state index < -0.39 is 29.1 Å². The third-order valence-electron chi connectivity index (χ3n) is 3.97. The fourth-order valence-corrected chi connectivity index (χ4v) is 3.66. The fraction of sp³-hybridized carbons (Fsp3) is 0.412. The Balaban J connectivity index is 2.14. The Morgan fingerprint density at radius 3 is 2.44 bits per heavy atom. The number of hydrogen-bond donors (Lipinski definition) is 2. The van der Waals surface area contributed by atoms with Crippen molar-refractivity contribution < 1.29 is 29.4 Å². The highest BCUT2D eigenvalue weighted by molar-refractivity contribution is 8.01. The highest BCUT2D eigenvalue weighted by Gasteiger charge is 2.38. The minimum absolute atomic E-state index is 0.163. The largest absolute Gasteiger partial charge is 0.481 e. The number of carbonyl (C=O) groups excluding carboxylic acids is 2. The number of carboxylic acids is 2. The van der Waals surface area contributed by atoms with E-state index in [4.69, 9.17) is 5.11 Å². The molecule has 0 bridgehead atoms. The van der Waals surface area contributed by atoms with E-state index in [-0.39, 0.29) is 18.0 Å². The Hall–Kier alpha value is -2.35. The minimum atomic E-state index is -1.09. The lowest BCUT2D eigenvalue weighted by molar-refractivity contribution is -0.148. The number of carbonyl (C=O) groups is 4. The topological polar surface area (TPSA) is 112 Å². The second-order valence-corrected chi connectivity index (χ2v) is 6.91. The lowest BCUT2D eigenvalue weighted by Crippen LogP contribution is -2.45. The van der Waals surface area contributed by atoms with Gasteiger partial charge in [0.05, 0.1) is 11.0 Å². The van der Waals surface area contributed by atoms with Crippen molar-refractivity contribution in [2.75, 3.05) is 12.3 Å². The van der Waals surface area contributed by atoms with Gasteiger partial charge in [-0.15, -0.1) is 11.8 Å². The van der Waals surface area contributed by atoms with Crippen LogP contribution in [0.5, 0.6) is 0 Å². The molecule has 1 unspecified atom stereocenters. The Kier molecular flexibility index (Phi) is 6.58. The molecule has 1 aliphatic heterocycles. The number of rotatable bonds is 8. The van der Waals surface area contributed by atoms with Gasteiger partial charge in [0, 0.05) is 18.5 Å². The van der Waals surface area contributed by atoms with Crippen LogP contribution in [-0.2, 0) is 14.4 Å². The van der Waals surface area contributed by atoms with Crippen LogP contribution in [-0.4, -0.2) is 62.3 Å². The molecule has 0 saturated carbocycles. The molecular formula is C17H19NO6S. The smallest absolute Gasteiger partial charge is 0.326 e. The number of nitrogens with zero attached hydrogens (tertiary/aromatic N) is 1. The van der Waals surface area contributed by atoms with Crippen molar-refractivity contribution in [1.29, 1.82) is 0 Å². The van der Waals surface area contributed by atoms with Crippen LogP contribution in [0.1, 0.15) is 29.6 Å². The second kappa shape index (κ2) is 8.66. The van der Waals surface area contributed by atoms with Gasteiger partial charge in [0.25, 0.3) is 0 Å². The van der Waals surface area contributed by atoms with Gasteiger partial charge in [0.1, 0.15) is 6.04 Å². The summed E-state index contributed by atoms with van der Waals surface area (Å²) in [7, 11) is 0. The van der Waals surface area contributed by atoms with Gasteiger partial charge in [-0.1, -0.05) is 30.3 Å². The summed E-state index contributed by atoms with van der Waals surface area (Å²) in [6.45, 7) is 0.305. The number of thioether (sulfide) groups is 1. The predicted molar refractivity (Wildman–Crippen MR) is 91.6 cm³/mol. The number of carboxylic acid groups (broad SMARTS) is 2. The van der Waals surface area contributed by atoms with Crippen molar-refractivity contribution in [3.05, 3.63) is 35.9 Å². The molecule has 2 N–H and O–H groups in total. The van der Waals surface area contributed by atoms with E-state index in [2.05, 4.69) is 0 Å². The summed E-state index contributed by atoms with van der Waals surface area (Å²) in [6, 6.07) is 7.51. The average Bonchev–Trinajstić information content (AvgIpc) is 3.08. The van der Waals surface area contributed by atoms with Crippen molar-refractivity contribution in [3.63, 3.8) is 0 Å². The van der Waals surface area contributed by atoms with E-state index in [0.717, 1.165) is 11.8 Å². The third-order valence-corrected chi connectivity index (χ3v) is 5.16. The maximum atomic E-state index is 12.7. The Bertz CT molecular complexity index is 662. The number of hydrogen-bond acceptors (Lipinski definition) is 5. The molecule has 1 amide bonds. The third kappa shape index (κ3) is 5.06. The number of ketones is 1. The summed E-state index contributed by atoms with van der Waals surface area (Å²) in [5.41, 5.74) is 0.437. The van der Waals surface area contributed by atoms with Crippen molar-refractivity contribution in [2.24, 2.45) is 0 Å². The average molecular weight is 365 g/mol. The normalized spacial score (nSPS) is 17.9. The van der Waals surface area contributed by atoms with Gasteiger partial charge in [-0.2, -0.15) is 0 Å². The zero-order chi connectivity index (χ0) is 18.4. The summed E-state index contributed by atoms with van der Waals surface area (Å²) in [5.74, 6) is -3.26. The molecule has 1 aromatic rings. The van der Waals surface area contributed by atoms with Gasteiger partial charge in [-0.25, -0.2) is 4.79 Å². The summed E-state index contributed by atoms with van der Waals surface area (Å²) in [5, 5.41) is 17.2. The van der Waals surface area contributed by atoms with Gasteiger partial charge in [0.15, 0.2) is 5.78 Å². The SMILES string of the molecule is O=C(O)CSC(CC(=O)c1ccccc1)C(=O)N1CCC[C@H]1C(=O)O. The number of Topliss-reactive ketones (excluding diaryl/α,β-unsaturated/α-hetero) is 1. The first-order valence-corrected chi connectivity index (χ1v) is 8.90. The van der Waals surface area contributed by atoms with E-state index >= 15 is 0 Å². The Morgan fingerprint density at radius 1 is 1.16 bits per heavy atom. The highest BCUT2D eigenvalue weighted by atomic mass is 32.2. The van der Waals surface area contributed by atoms with Gasteiger partial charge in [-0.05, 0) is 12.8 Å². The van der Waals surface area contributed by atoms with Crippen molar-refractivity contribution >= 4 is 35.4 Å². The molecule has 0 aromatic heterocycles. The molecule has 0 radical (unpaired) electrons. The van der Waals surface area contributed by atoms with Crippen LogP contribution < -0.4 is 0 Å². The van der Waals surface area contributed by atoms with Crippen molar-refractivity contribution in [1.82, 2.24) is 4.90 Å². The van der Waals surface area contributed by atoms with Crippen LogP contribution in [0.25, 0.3) is 0 Å². The van der Waals surface area contributed by atoms with E-state index in [9.17, 15) is 24.3 Å². The van der Waals surface area contributed by atoms with Crippen molar-refractivity contribution in [2.45, 2.75) is 30.6 Å². The first-order chi connectivity index (χ1) is 11.9. The summed E-state index contributed by atoms with van der Waals surface area (Å²) >= 11 is 0.857. The van der Waals surface area contributed by atoms with Crippen LogP contribution in [0.15, 0.2) is 30.3 Å². The van der Waals surface area contributed by atoms with Crippen LogP contribution in [0.4, 0.5) is 0 Å². The summed E-state index contributed by atoms with van der Waals surface area (Å²) < 4.78 is 0. The zero-order valence-corrected chi connectivity index (χ0v) is 14.3. The van der Waals surface area contributed by atoms with E-state index in [1.165, 1.54) is 4.90 Å². The van der Waals surface area contributed by atoms with E-state index in [1.54, 1.807) is 30.3 Å².